The van der Waals surface area contributed by atoms with E-state index in [1.165, 1.54) is 6.08 Å². The molecule has 1 N–H and O–H groups in total. The van der Waals surface area contributed by atoms with Gasteiger partial charge < -0.3 is 14.3 Å². The lowest BCUT2D eigenvalue weighted by Crippen LogP contribution is -2.05. The lowest BCUT2D eigenvalue weighted by atomic mass is 10.1. The summed E-state index contributed by atoms with van der Waals surface area (Å²) in [6.45, 7) is 2.34. The minimum atomic E-state index is -1.03. The minimum Gasteiger partial charge on any atom is -0.478 e. The summed E-state index contributed by atoms with van der Waals surface area (Å²) in [4.78, 5) is 22.1. The quantitative estimate of drug-likeness (QED) is 0.651. The fourth-order valence-corrected chi connectivity index (χ4v) is 1.80. The highest BCUT2D eigenvalue weighted by molar-refractivity contribution is 5.90. The predicted octanol–water partition coefficient (Wildman–Crippen LogP) is 3.61. The van der Waals surface area contributed by atoms with Crippen LogP contribution in [0, 0.1) is 0 Å². The second-order valence-corrected chi connectivity index (χ2v) is 4.59. The van der Waals surface area contributed by atoms with Gasteiger partial charge in [-0.2, -0.15) is 0 Å². The van der Waals surface area contributed by atoms with Crippen molar-refractivity contribution in [2.45, 2.75) is 13.3 Å². The standard InChI is InChI=1S/C17H16O5/c1-2-11-21-17(20)13-5-3-12(4-6-13)15-9-7-14(22-15)8-10-16(18)19/h3-10H,2,11H2,1H3,(H,18,19)/b10-8+. The number of carbonyl (C=O) groups is 2. The largest absolute Gasteiger partial charge is 0.478 e. The molecule has 0 atom stereocenters. The second-order valence-electron chi connectivity index (χ2n) is 4.59. The third-order valence-electron chi connectivity index (χ3n) is 2.86. The topological polar surface area (TPSA) is 76.7 Å². The number of ether oxygens (including phenoxy) is 1. The van der Waals surface area contributed by atoms with E-state index in [2.05, 4.69) is 0 Å². The van der Waals surface area contributed by atoms with Crippen molar-refractivity contribution in [1.29, 1.82) is 0 Å². The van der Waals surface area contributed by atoms with Crippen molar-refractivity contribution in [3.05, 3.63) is 53.8 Å². The maximum atomic E-state index is 11.7. The van der Waals surface area contributed by atoms with Crippen LogP contribution in [0.1, 0.15) is 29.5 Å². The lowest BCUT2D eigenvalue weighted by molar-refractivity contribution is -0.131. The minimum absolute atomic E-state index is 0.349. The maximum absolute atomic E-state index is 11.7. The molecule has 0 unspecified atom stereocenters. The van der Waals surface area contributed by atoms with E-state index in [-0.39, 0.29) is 5.97 Å². The van der Waals surface area contributed by atoms with Gasteiger partial charge in [0.2, 0.25) is 0 Å². The monoisotopic (exact) mass is 300 g/mol. The number of hydrogen-bond acceptors (Lipinski definition) is 4. The van der Waals surface area contributed by atoms with Gasteiger partial charge in [0.1, 0.15) is 11.5 Å². The van der Waals surface area contributed by atoms with E-state index in [9.17, 15) is 9.59 Å². The number of hydrogen-bond donors (Lipinski definition) is 1. The van der Waals surface area contributed by atoms with Crippen molar-refractivity contribution >= 4 is 18.0 Å². The molecule has 0 aliphatic rings. The molecule has 0 spiro atoms. The predicted molar refractivity (Wildman–Crippen MR) is 81.4 cm³/mol. The number of carbonyl (C=O) groups excluding carboxylic acids is 1. The molecule has 22 heavy (non-hydrogen) atoms. The van der Waals surface area contributed by atoms with Gasteiger partial charge in [0.25, 0.3) is 0 Å². The van der Waals surface area contributed by atoms with Crippen LogP contribution in [0.4, 0.5) is 0 Å². The summed E-state index contributed by atoms with van der Waals surface area (Å²) in [7, 11) is 0. The highest BCUT2D eigenvalue weighted by atomic mass is 16.5. The van der Waals surface area contributed by atoms with Crippen molar-refractivity contribution in [2.75, 3.05) is 6.61 Å². The van der Waals surface area contributed by atoms with Crippen molar-refractivity contribution in [1.82, 2.24) is 0 Å². The molecule has 0 amide bonds. The summed E-state index contributed by atoms with van der Waals surface area (Å²) in [6, 6.07) is 10.3. The van der Waals surface area contributed by atoms with Crippen LogP contribution in [0.2, 0.25) is 0 Å². The summed E-state index contributed by atoms with van der Waals surface area (Å²) in [6.07, 6.45) is 3.17. The van der Waals surface area contributed by atoms with Crippen LogP contribution in [0.3, 0.4) is 0 Å². The first-order valence-electron chi connectivity index (χ1n) is 6.88. The second kappa shape index (κ2) is 7.26. The smallest absolute Gasteiger partial charge is 0.338 e. The van der Waals surface area contributed by atoms with Gasteiger partial charge in [-0.25, -0.2) is 9.59 Å². The number of rotatable bonds is 6. The summed E-state index contributed by atoms with van der Waals surface area (Å²) in [5, 5.41) is 8.57. The van der Waals surface area contributed by atoms with Crippen LogP contribution in [-0.4, -0.2) is 23.7 Å². The van der Waals surface area contributed by atoms with Gasteiger partial charge in [-0.3, -0.25) is 0 Å². The van der Waals surface area contributed by atoms with Crippen LogP contribution in [0.15, 0.2) is 46.9 Å². The number of carboxylic acids is 1. The van der Waals surface area contributed by atoms with E-state index in [0.29, 0.717) is 23.7 Å². The Hall–Kier alpha value is -2.82. The molecule has 0 saturated carbocycles. The zero-order valence-electron chi connectivity index (χ0n) is 12.1. The molecule has 1 aromatic carbocycles. The van der Waals surface area contributed by atoms with Crippen molar-refractivity contribution in [2.24, 2.45) is 0 Å². The van der Waals surface area contributed by atoms with Gasteiger partial charge in [0.05, 0.1) is 12.2 Å². The zero-order valence-corrected chi connectivity index (χ0v) is 12.1. The van der Waals surface area contributed by atoms with E-state index in [1.54, 1.807) is 36.4 Å². The van der Waals surface area contributed by atoms with Crippen LogP contribution in [-0.2, 0) is 9.53 Å². The molecule has 0 fully saturated rings. The van der Waals surface area contributed by atoms with Gasteiger partial charge >= 0.3 is 11.9 Å². The molecule has 0 saturated heterocycles. The van der Waals surface area contributed by atoms with E-state index in [4.69, 9.17) is 14.3 Å². The molecule has 2 rings (SSSR count). The number of furan rings is 1. The van der Waals surface area contributed by atoms with Crippen molar-refractivity contribution < 1.29 is 23.8 Å². The summed E-state index contributed by atoms with van der Waals surface area (Å²) in [5.41, 5.74) is 1.27. The first kappa shape index (κ1) is 15.6. The van der Waals surface area contributed by atoms with E-state index < -0.39 is 5.97 Å². The highest BCUT2D eigenvalue weighted by Gasteiger charge is 2.08. The van der Waals surface area contributed by atoms with E-state index >= 15 is 0 Å². The molecule has 1 heterocycles. The number of esters is 1. The van der Waals surface area contributed by atoms with Crippen LogP contribution < -0.4 is 0 Å². The van der Waals surface area contributed by atoms with E-state index in [1.807, 2.05) is 6.92 Å². The number of carboxylic acid groups (broad SMARTS) is 1. The Morgan fingerprint density at radius 2 is 1.91 bits per heavy atom. The van der Waals surface area contributed by atoms with Gasteiger partial charge in [0.15, 0.2) is 0 Å². The zero-order chi connectivity index (χ0) is 15.9. The van der Waals surface area contributed by atoms with Gasteiger partial charge in [0, 0.05) is 11.6 Å². The molecule has 0 radical (unpaired) electrons. The third kappa shape index (κ3) is 4.09. The molecule has 0 aliphatic carbocycles. The SMILES string of the molecule is CCCOC(=O)c1ccc(-c2ccc(/C=C/C(=O)O)o2)cc1. The first-order valence-corrected chi connectivity index (χ1v) is 6.88. The molecule has 1 aromatic heterocycles. The molecule has 114 valence electrons. The molecular weight excluding hydrogens is 284 g/mol. The Bertz CT molecular complexity index is 679. The Kier molecular flexibility index (Phi) is 5.14. The van der Waals surface area contributed by atoms with Gasteiger partial charge in [-0.05, 0) is 36.8 Å². The third-order valence-corrected chi connectivity index (χ3v) is 2.86. The Balaban J connectivity index is 2.10. The molecule has 0 bridgehead atoms. The van der Waals surface area contributed by atoms with Crippen molar-refractivity contribution in [3.8, 4) is 11.3 Å². The van der Waals surface area contributed by atoms with Gasteiger partial charge in [-0.1, -0.05) is 19.1 Å². The number of benzene rings is 1. The maximum Gasteiger partial charge on any atom is 0.338 e. The van der Waals surface area contributed by atoms with E-state index in [0.717, 1.165) is 18.1 Å². The fraction of sp³-hybridized carbons (Fsp3) is 0.176. The summed E-state index contributed by atoms with van der Waals surface area (Å²) >= 11 is 0. The highest BCUT2D eigenvalue weighted by Crippen LogP contribution is 2.23. The Morgan fingerprint density at radius 3 is 2.55 bits per heavy atom. The van der Waals surface area contributed by atoms with Gasteiger partial charge in [-0.15, -0.1) is 0 Å². The molecule has 5 nitrogen and oxygen atoms in total. The van der Waals surface area contributed by atoms with Crippen molar-refractivity contribution in [3.63, 3.8) is 0 Å². The molecular formula is C17H16O5. The van der Waals surface area contributed by atoms with Crippen LogP contribution in [0.5, 0.6) is 0 Å². The van der Waals surface area contributed by atoms with Crippen LogP contribution in [0.25, 0.3) is 17.4 Å². The Morgan fingerprint density at radius 1 is 1.18 bits per heavy atom. The summed E-state index contributed by atoms with van der Waals surface area (Å²) in [5.74, 6) is -0.340. The van der Waals surface area contributed by atoms with Crippen LogP contribution >= 0.6 is 0 Å². The molecule has 0 aliphatic heterocycles. The first-order chi connectivity index (χ1) is 10.6. The average Bonchev–Trinajstić information content (AvgIpc) is 2.99. The summed E-state index contributed by atoms with van der Waals surface area (Å²) < 4.78 is 10.6. The number of aliphatic carboxylic acids is 1. The fourth-order valence-electron chi connectivity index (χ4n) is 1.80. The normalized spacial score (nSPS) is 10.8. The molecule has 5 heteroatoms. The lowest BCUT2D eigenvalue weighted by Gasteiger charge is -2.03. The molecule has 2 aromatic rings. The average molecular weight is 300 g/mol. The Labute approximate surface area is 127 Å².